The summed E-state index contributed by atoms with van der Waals surface area (Å²) in [5, 5.41) is 17.2. The molecule has 8 nitrogen and oxygen atoms in total. The summed E-state index contributed by atoms with van der Waals surface area (Å²) in [7, 11) is 0. The number of ether oxygens (including phenoxy) is 1. The van der Waals surface area contributed by atoms with Crippen molar-refractivity contribution in [3.05, 3.63) is 65.7 Å². The van der Waals surface area contributed by atoms with Crippen LogP contribution in [-0.4, -0.2) is 40.3 Å². The van der Waals surface area contributed by atoms with E-state index in [2.05, 4.69) is 4.99 Å². The van der Waals surface area contributed by atoms with Gasteiger partial charge in [-0.25, -0.2) is 9.59 Å². The van der Waals surface area contributed by atoms with Crippen LogP contribution in [0.15, 0.2) is 59.6 Å². The zero-order valence-corrected chi connectivity index (χ0v) is 17.6. The minimum absolute atomic E-state index is 0.142. The Kier molecular flexibility index (Phi) is 11.3. The number of rotatable bonds is 10. The first kappa shape index (κ1) is 25.6. The van der Waals surface area contributed by atoms with Crippen LogP contribution in [0.25, 0.3) is 0 Å². The van der Waals surface area contributed by atoms with E-state index in [1.807, 2.05) is 44.2 Å². The summed E-state index contributed by atoms with van der Waals surface area (Å²) < 4.78 is 5.64. The summed E-state index contributed by atoms with van der Waals surface area (Å²) in [6.07, 6.45) is 1.98. The lowest BCUT2D eigenvalue weighted by Gasteiger charge is -2.08. The van der Waals surface area contributed by atoms with E-state index in [-0.39, 0.29) is 6.42 Å². The standard InChI is InChI=1S/C17H15NO4.C6H13NO2/c19-12-18-16(17(20)21)10-13-6-8-15(9-7-13)22-11-14-4-2-1-3-5-14;1-4(2)3-5(7)6(8)9/h1-9,16H,10-11H2,(H,20,21);4-5H,3,7H2,1-2H3,(H,8,9)/t16-;5-/m00/s1. The fraction of sp³-hybridized carbons (Fsp3) is 0.348. The highest BCUT2D eigenvalue weighted by molar-refractivity contribution is 5.75. The van der Waals surface area contributed by atoms with Crippen LogP contribution in [-0.2, 0) is 27.4 Å². The van der Waals surface area contributed by atoms with Crippen molar-refractivity contribution in [3.8, 4) is 5.75 Å². The van der Waals surface area contributed by atoms with Crippen LogP contribution >= 0.6 is 0 Å². The maximum Gasteiger partial charge on any atom is 0.329 e. The number of nitrogens with zero attached hydrogens (tertiary/aromatic N) is 1. The highest BCUT2D eigenvalue weighted by Crippen LogP contribution is 2.16. The van der Waals surface area contributed by atoms with E-state index < -0.39 is 24.0 Å². The number of benzene rings is 2. The molecule has 0 unspecified atom stereocenters. The van der Waals surface area contributed by atoms with Gasteiger partial charge in [-0.15, -0.1) is 0 Å². The van der Waals surface area contributed by atoms with Gasteiger partial charge in [-0.1, -0.05) is 56.3 Å². The van der Waals surface area contributed by atoms with E-state index in [0.717, 1.165) is 11.1 Å². The Morgan fingerprint density at radius 2 is 1.61 bits per heavy atom. The third-order valence-corrected chi connectivity index (χ3v) is 4.14. The Morgan fingerprint density at radius 3 is 2.06 bits per heavy atom. The van der Waals surface area contributed by atoms with Crippen molar-refractivity contribution in [2.75, 3.05) is 0 Å². The van der Waals surface area contributed by atoms with E-state index in [1.165, 1.54) is 6.08 Å². The maximum absolute atomic E-state index is 10.9. The third kappa shape index (κ3) is 10.7. The number of carboxylic acid groups (broad SMARTS) is 2. The topological polar surface area (TPSA) is 139 Å². The molecule has 166 valence electrons. The third-order valence-electron chi connectivity index (χ3n) is 4.14. The Labute approximate surface area is 181 Å². The van der Waals surface area contributed by atoms with E-state index in [1.54, 1.807) is 24.3 Å². The normalized spacial score (nSPS) is 12.0. The van der Waals surface area contributed by atoms with Gasteiger partial charge in [0.15, 0.2) is 6.04 Å². The second-order valence-corrected chi connectivity index (χ2v) is 7.27. The predicted octanol–water partition coefficient (Wildman–Crippen LogP) is 3.04. The van der Waals surface area contributed by atoms with Crippen LogP contribution in [0.1, 0.15) is 31.4 Å². The number of carbonyl (C=O) groups excluding carboxylic acids is 1. The van der Waals surface area contributed by atoms with Gasteiger partial charge in [0.1, 0.15) is 18.4 Å². The lowest BCUT2D eigenvalue weighted by Crippen LogP contribution is -2.31. The zero-order valence-electron chi connectivity index (χ0n) is 17.6. The first-order valence-electron chi connectivity index (χ1n) is 9.76. The van der Waals surface area contributed by atoms with Crippen molar-refractivity contribution in [1.82, 2.24) is 0 Å². The molecule has 2 atom stereocenters. The van der Waals surface area contributed by atoms with Crippen LogP contribution < -0.4 is 10.5 Å². The fourth-order valence-electron chi connectivity index (χ4n) is 2.55. The number of aliphatic carboxylic acids is 2. The number of nitrogens with two attached hydrogens (primary N) is 1. The lowest BCUT2D eigenvalue weighted by molar-refractivity contribution is -0.139. The monoisotopic (exact) mass is 428 g/mol. The molecular weight excluding hydrogens is 400 g/mol. The molecule has 0 aliphatic carbocycles. The van der Waals surface area contributed by atoms with Crippen molar-refractivity contribution in [2.45, 2.75) is 45.4 Å². The Hall–Kier alpha value is -3.48. The highest BCUT2D eigenvalue weighted by Gasteiger charge is 2.16. The molecule has 0 aliphatic rings. The summed E-state index contributed by atoms with van der Waals surface area (Å²) >= 11 is 0. The average Bonchev–Trinajstić information content (AvgIpc) is 2.73. The van der Waals surface area contributed by atoms with Crippen molar-refractivity contribution >= 4 is 18.0 Å². The zero-order chi connectivity index (χ0) is 23.2. The minimum atomic E-state index is -1.15. The van der Waals surface area contributed by atoms with Crippen LogP contribution in [0.2, 0.25) is 0 Å². The molecule has 0 saturated heterocycles. The van der Waals surface area contributed by atoms with Crippen molar-refractivity contribution in [2.24, 2.45) is 16.6 Å². The number of hydrogen-bond acceptors (Lipinski definition) is 6. The maximum atomic E-state index is 10.9. The summed E-state index contributed by atoms with van der Waals surface area (Å²) in [6, 6.07) is 15.0. The average molecular weight is 428 g/mol. The molecule has 0 spiro atoms. The molecule has 0 radical (unpaired) electrons. The SMILES string of the molecule is CC(C)C[C@H](N)C(=O)O.O=C=N[C@@H](Cc1ccc(OCc2ccccc2)cc1)C(=O)O. The molecule has 0 amide bonds. The molecular formula is C23H28N2O6. The summed E-state index contributed by atoms with van der Waals surface area (Å²) in [4.78, 5) is 34.5. The van der Waals surface area contributed by atoms with E-state index in [4.69, 9.17) is 20.7 Å². The van der Waals surface area contributed by atoms with Gasteiger partial charge >= 0.3 is 11.9 Å². The largest absolute Gasteiger partial charge is 0.489 e. The first-order chi connectivity index (χ1) is 14.7. The second kappa shape index (κ2) is 13.7. The Balaban J connectivity index is 0.000000452. The molecule has 0 saturated carbocycles. The van der Waals surface area contributed by atoms with Crippen molar-refractivity contribution < 1.29 is 29.3 Å². The molecule has 4 N–H and O–H groups in total. The molecule has 0 fully saturated rings. The summed E-state index contributed by atoms with van der Waals surface area (Å²) in [5.41, 5.74) is 7.05. The minimum Gasteiger partial charge on any atom is -0.489 e. The molecule has 0 bridgehead atoms. The van der Waals surface area contributed by atoms with Gasteiger partial charge in [0.05, 0.1) is 0 Å². The smallest absolute Gasteiger partial charge is 0.329 e. The quantitative estimate of drug-likeness (QED) is 0.390. The molecule has 0 aromatic heterocycles. The number of isocyanates is 1. The van der Waals surface area contributed by atoms with E-state index in [0.29, 0.717) is 24.7 Å². The van der Waals surface area contributed by atoms with Gasteiger partial charge in [0, 0.05) is 6.42 Å². The lowest BCUT2D eigenvalue weighted by atomic mass is 10.1. The molecule has 8 heteroatoms. The molecule has 0 heterocycles. The van der Waals surface area contributed by atoms with Gasteiger partial charge in [-0.3, -0.25) is 4.79 Å². The molecule has 0 aliphatic heterocycles. The number of carbonyl (C=O) groups is 2. The van der Waals surface area contributed by atoms with E-state index in [9.17, 15) is 14.4 Å². The summed E-state index contributed by atoms with van der Waals surface area (Å²) in [5.74, 6) is -1.01. The van der Waals surface area contributed by atoms with Crippen molar-refractivity contribution in [1.29, 1.82) is 0 Å². The fourth-order valence-corrected chi connectivity index (χ4v) is 2.55. The molecule has 2 aromatic carbocycles. The molecule has 31 heavy (non-hydrogen) atoms. The number of hydrogen-bond donors (Lipinski definition) is 3. The van der Waals surface area contributed by atoms with Gasteiger partial charge in [0.25, 0.3) is 0 Å². The van der Waals surface area contributed by atoms with Crippen LogP contribution in [0.4, 0.5) is 0 Å². The van der Waals surface area contributed by atoms with Crippen LogP contribution in [0.5, 0.6) is 5.75 Å². The predicted molar refractivity (Wildman–Crippen MR) is 116 cm³/mol. The highest BCUT2D eigenvalue weighted by atomic mass is 16.5. The van der Waals surface area contributed by atoms with Gasteiger partial charge in [0.2, 0.25) is 6.08 Å². The van der Waals surface area contributed by atoms with Gasteiger partial charge in [-0.2, -0.15) is 4.99 Å². The molecule has 2 aromatic rings. The Bertz CT molecular complexity index is 859. The molecule has 2 rings (SSSR count). The van der Waals surface area contributed by atoms with Crippen LogP contribution in [0, 0.1) is 5.92 Å². The van der Waals surface area contributed by atoms with Crippen molar-refractivity contribution in [3.63, 3.8) is 0 Å². The van der Waals surface area contributed by atoms with E-state index >= 15 is 0 Å². The number of carboxylic acids is 2. The van der Waals surface area contributed by atoms with Gasteiger partial charge < -0.3 is 20.7 Å². The summed E-state index contributed by atoms with van der Waals surface area (Å²) in [6.45, 7) is 4.36. The van der Waals surface area contributed by atoms with Gasteiger partial charge in [-0.05, 0) is 35.6 Å². The van der Waals surface area contributed by atoms with Crippen LogP contribution in [0.3, 0.4) is 0 Å². The second-order valence-electron chi connectivity index (χ2n) is 7.27. The first-order valence-corrected chi connectivity index (χ1v) is 9.76. The Morgan fingerprint density at radius 1 is 1.00 bits per heavy atom. The number of aliphatic imine (C=N–C) groups is 1.